The first kappa shape index (κ1) is 24.9. The average molecular weight is 486 g/mol. The minimum Gasteiger partial charge on any atom is -0.487 e. The van der Waals surface area contributed by atoms with Gasteiger partial charge in [0, 0.05) is 37.8 Å². The number of aromatic nitrogens is 1. The van der Waals surface area contributed by atoms with E-state index < -0.39 is 16.1 Å². The third-order valence-electron chi connectivity index (χ3n) is 6.73. The molecule has 0 spiro atoms. The summed E-state index contributed by atoms with van der Waals surface area (Å²) in [5.41, 5.74) is 3.22. The van der Waals surface area contributed by atoms with Gasteiger partial charge in [0.25, 0.3) is 0 Å². The lowest BCUT2D eigenvalue weighted by atomic mass is 10.0. The average Bonchev–Trinajstić information content (AvgIpc) is 3.36. The predicted molar refractivity (Wildman–Crippen MR) is 133 cm³/mol. The van der Waals surface area contributed by atoms with Crippen LogP contribution in [0.1, 0.15) is 44.4 Å². The van der Waals surface area contributed by atoms with Crippen molar-refractivity contribution in [2.45, 2.75) is 56.7 Å². The van der Waals surface area contributed by atoms with E-state index in [1.165, 1.54) is 9.88 Å². The fourth-order valence-electron chi connectivity index (χ4n) is 4.72. The molecule has 0 saturated carbocycles. The summed E-state index contributed by atoms with van der Waals surface area (Å²) in [6.45, 7) is 5.08. The van der Waals surface area contributed by atoms with Crippen molar-refractivity contribution < 1.29 is 18.3 Å². The van der Waals surface area contributed by atoms with Crippen LogP contribution < -0.4 is 4.74 Å². The number of allylic oxidation sites excluding steroid dienone is 2. The minimum absolute atomic E-state index is 0.0857. The summed E-state index contributed by atoms with van der Waals surface area (Å²) in [6.07, 6.45) is 6.93. The number of rotatable bonds is 7. The molecule has 0 saturated heterocycles. The summed E-state index contributed by atoms with van der Waals surface area (Å²) in [5, 5.41) is 9.82. The van der Waals surface area contributed by atoms with Crippen molar-refractivity contribution >= 4 is 15.6 Å². The molecule has 184 valence electrons. The van der Waals surface area contributed by atoms with Crippen molar-refractivity contribution in [2.24, 2.45) is 5.92 Å². The zero-order valence-electron chi connectivity index (χ0n) is 20.2. The van der Waals surface area contributed by atoms with Crippen molar-refractivity contribution in [1.82, 2.24) is 14.2 Å². The van der Waals surface area contributed by atoms with Gasteiger partial charge in [-0.05, 0) is 68.6 Å². The van der Waals surface area contributed by atoms with Crippen LogP contribution >= 0.6 is 0 Å². The standard InChI is InChI=1S/C26H35N3O4S/c1-19-15-29(20(2)18-30)34(31,32)26-12-11-22(21-8-4-5-9-21)14-24(26)33-25(19)17-28(3)16-23-10-6-7-13-27-23/h6-8,10-14,19-20,25,30H,4-5,9,15-18H2,1-3H3/t19-,20+,25+/m1/s1. The minimum atomic E-state index is -3.82. The molecule has 0 fully saturated rings. The summed E-state index contributed by atoms with van der Waals surface area (Å²) in [5.74, 6) is 0.306. The van der Waals surface area contributed by atoms with Crippen LogP contribution in [-0.4, -0.2) is 66.6 Å². The maximum absolute atomic E-state index is 13.6. The van der Waals surface area contributed by atoms with Gasteiger partial charge in [-0.25, -0.2) is 8.42 Å². The fourth-order valence-corrected chi connectivity index (χ4v) is 6.54. The molecule has 0 amide bonds. The summed E-state index contributed by atoms with van der Waals surface area (Å²) < 4.78 is 35.2. The number of fused-ring (bicyclic) bond motifs is 1. The van der Waals surface area contributed by atoms with Crippen LogP contribution in [0, 0.1) is 5.92 Å². The van der Waals surface area contributed by atoms with E-state index in [-0.39, 0.29) is 30.1 Å². The van der Waals surface area contributed by atoms with Crippen molar-refractivity contribution in [3.05, 3.63) is 59.9 Å². The lowest BCUT2D eigenvalue weighted by Crippen LogP contribution is -2.49. The number of aliphatic hydroxyl groups is 1. The van der Waals surface area contributed by atoms with Gasteiger partial charge in [0.15, 0.2) is 0 Å². The lowest BCUT2D eigenvalue weighted by molar-refractivity contribution is 0.0730. The van der Waals surface area contributed by atoms with Crippen LogP contribution in [0.3, 0.4) is 0 Å². The molecule has 1 aromatic carbocycles. The number of sulfonamides is 1. The van der Waals surface area contributed by atoms with Crippen LogP contribution in [-0.2, 0) is 16.6 Å². The van der Waals surface area contributed by atoms with Crippen molar-refractivity contribution in [3.8, 4) is 5.75 Å². The summed E-state index contributed by atoms with van der Waals surface area (Å²) in [7, 11) is -1.80. The van der Waals surface area contributed by atoms with Gasteiger partial charge in [-0.3, -0.25) is 9.88 Å². The lowest BCUT2D eigenvalue weighted by Gasteiger charge is -2.37. The van der Waals surface area contributed by atoms with Crippen LogP contribution in [0.5, 0.6) is 5.75 Å². The van der Waals surface area contributed by atoms with E-state index in [9.17, 15) is 13.5 Å². The predicted octanol–water partition coefficient (Wildman–Crippen LogP) is 3.55. The van der Waals surface area contributed by atoms with E-state index in [4.69, 9.17) is 4.74 Å². The van der Waals surface area contributed by atoms with E-state index >= 15 is 0 Å². The van der Waals surface area contributed by atoms with Gasteiger partial charge in [-0.2, -0.15) is 4.31 Å². The molecule has 2 heterocycles. The number of likely N-dealkylation sites (N-methyl/N-ethyl adjacent to an activating group) is 1. The second-order valence-corrected chi connectivity index (χ2v) is 11.4. The Hall–Kier alpha value is -2.26. The SMILES string of the molecule is C[C@@H]1CN([C@@H](C)CO)S(=O)(=O)c2ccc(C3=CCCC3)cc2O[C@H]1CN(C)Cc1ccccn1. The number of hydrogen-bond acceptors (Lipinski definition) is 6. The van der Waals surface area contributed by atoms with Crippen LogP contribution in [0.15, 0.2) is 53.6 Å². The maximum atomic E-state index is 13.6. The number of nitrogens with zero attached hydrogens (tertiary/aromatic N) is 3. The molecule has 2 aromatic rings. The molecule has 0 radical (unpaired) electrons. The third kappa shape index (κ3) is 5.35. The summed E-state index contributed by atoms with van der Waals surface area (Å²) in [6, 6.07) is 10.8. The maximum Gasteiger partial charge on any atom is 0.247 e. The van der Waals surface area contributed by atoms with Crippen LogP contribution in [0.4, 0.5) is 0 Å². The Morgan fingerprint density at radius 2 is 2.12 bits per heavy atom. The highest BCUT2D eigenvalue weighted by atomic mass is 32.2. The molecule has 0 unspecified atom stereocenters. The van der Waals surface area contributed by atoms with E-state index in [1.54, 1.807) is 19.2 Å². The summed E-state index contributed by atoms with van der Waals surface area (Å²) >= 11 is 0. The second kappa shape index (κ2) is 10.6. The van der Waals surface area contributed by atoms with Gasteiger partial charge in [-0.15, -0.1) is 0 Å². The molecule has 1 N–H and O–H groups in total. The molecule has 2 aliphatic rings. The monoisotopic (exact) mass is 485 g/mol. The normalized spacial score (nSPS) is 23.5. The number of ether oxygens (including phenoxy) is 1. The molecule has 4 rings (SSSR count). The Morgan fingerprint density at radius 1 is 1.29 bits per heavy atom. The largest absolute Gasteiger partial charge is 0.487 e. The quantitative estimate of drug-likeness (QED) is 0.646. The Balaban J connectivity index is 1.69. The topological polar surface area (TPSA) is 83.0 Å². The van der Waals surface area contributed by atoms with E-state index in [0.29, 0.717) is 18.8 Å². The molecule has 0 bridgehead atoms. The molecule has 1 aromatic heterocycles. The first-order valence-electron chi connectivity index (χ1n) is 12.0. The second-order valence-electron chi connectivity index (χ2n) is 9.54. The molecule has 1 aliphatic heterocycles. The van der Waals surface area contributed by atoms with Gasteiger partial charge in [0.1, 0.15) is 16.7 Å². The molecule has 1 aliphatic carbocycles. The van der Waals surface area contributed by atoms with Crippen LogP contribution in [0.2, 0.25) is 0 Å². The number of aliphatic hydroxyl groups excluding tert-OH is 1. The van der Waals surface area contributed by atoms with Gasteiger partial charge in [0.2, 0.25) is 10.0 Å². The zero-order valence-corrected chi connectivity index (χ0v) is 21.0. The molecule has 8 heteroatoms. The van der Waals surface area contributed by atoms with E-state index in [0.717, 1.165) is 30.5 Å². The van der Waals surface area contributed by atoms with Crippen LogP contribution in [0.25, 0.3) is 5.57 Å². The Morgan fingerprint density at radius 3 is 2.79 bits per heavy atom. The number of hydrogen-bond donors (Lipinski definition) is 1. The van der Waals surface area contributed by atoms with Gasteiger partial charge < -0.3 is 9.84 Å². The van der Waals surface area contributed by atoms with E-state index in [1.807, 2.05) is 44.3 Å². The Kier molecular flexibility index (Phi) is 7.72. The molecule has 3 atom stereocenters. The molecular formula is C26H35N3O4S. The fraction of sp³-hybridized carbons (Fsp3) is 0.500. The molecular weight excluding hydrogens is 450 g/mol. The third-order valence-corrected chi connectivity index (χ3v) is 8.75. The smallest absolute Gasteiger partial charge is 0.247 e. The van der Waals surface area contributed by atoms with E-state index in [2.05, 4.69) is 16.0 Å². The highest BCUT2D eigenvalue weighted by Crippen LogP contribution is 2.37. The highest BCUT2D eigenvalue weighted by molar-refractivity contribution is 7.89. The Bertz CT molecular complexity index is 1120. The molecule has 34 heavy (non-hydrogen) atoms. The summed E-state index contributed by atoms with van der Waals surface area (Å²) in [4.78, 5) is 6.74. The number of benzene rings is 1. The number of pyridine rings is 1. The first-order chi connectivity index (χ1) is 16.3. The van der Waals surface area contributed by atoms with Crippen molar-refractivity contribution in [2.75, 3.05) is 26.7 Å². The Labute approximate surface area is 203 Å². The highest BCUT2D eigenvalue weighted by Gasteiger charge is 2.38. The van der Waals surface area contributed by atoms with Gasteiger partial charge in [0.05, 0.1) is 12.3 Å². The van der Waals surface area contributed by atoms with Crippen molar-refractivity contribution in [3.63, 3.8) is 0 Å². The van der Waals surface area contributed by atoms with Crippen molar-refractivity contribution in [1.29, 1.82) is 0 Å². The molecule has 7 nitrogen and oxygen atoms in total. The van der Waals surface area contributed by atoms with Gasteiger partial charge >= 0.3 is 0 Å². The van der Waals surface area contributed by atoms with Gasteiger partial charge in [-0.1, -0.05) is 25.1 Å². The zero-order chi connectivity index (χ0) is 24.3. The first-order valence-corrected chi connectivity index (χ1v) is 13.4.